The monoisotopic (exact) mass is 422 g/mol. The van der Waals surface area contributed by atoms with Gasteiger partial charge in [0.25, 0.3) is 5.91 Å². The molecule has 2 aromatic carbocycles. The molecular weight excluding hydrogens is 400 g/mol. The number of hydrogen-bond acceptors (Lipinski definition) is 6. The Balaban J connectivity index is 1.41. The van der Waals surface area contributed by atoms with Crippen molar-refractivity contribution in [1.29, 1.82) is 0 Å². The lowest BCUT2D eigenvalue weighted by atomic mass is 9.91. The van der Waals surface area contributed by atoms with Gasteiger partial charge in [-0.25, -0.2) is 9.69 Å². The number of amides is 4. The van der Waals surface area contributed by atoms with Crippen LogP contribution in [0.5, 0.6) is 11.5 Å². The molecule has 3 N–H and O–H groups in total. The number of carbonyl (C=O) groups is 3. The second kappa shape index (κ2) is 6.98. The van der Waals surface area contributed by atoms with Gasteiger partial charge in [0, 0.05) is 6.54 Å². The molecule has 4 amide bonds. The Kier molecular flexibility index (Phi) is 4.37. The highest BCUT2D eigenvalue weighted by molar-refractivity contribution is 6.07. The molecule has 2 atom stereocenters. The Bertz CT molecular complexity index is 1100. The van der Waals surface area contributed by atoms with Crippen LogP contribution in [0.2, 0.25) is 0 Å². The van der Waals surface area contributed by atoms with Crippen LogP contribution in [0.15, 0.2) is 42.5 Å². The van der Waals surface area contributed by atoms with Gasteiger partial charge in [-0.15, -0.1) is 0 Å². The van der Waals surface area contributed by atoms with Crippen LogP contribution < -0.4 is 20.5 Å². The molecule has 3 aliphatic heterocycles. The van der Waals surface area contributed by atoms with E-state index in [2.05, 4.69) is 5.32 Å². The number of fused-ring (bicyclic) bond motifs is 2. The van der Waals surface area contributed by atoms with Crippen molar-refractivity contribution >= 4 is 17.8 Å². The highest BCUT2D eigenvalue weighted by atomic mass is 16.7. The summed E-state index contributed by atoms with van der Waals surface area (Å²) < 4.78 is 10.7. The van der Waals surface area contributed by atoms with Gasteiger partial charge in [-0.1, -0.05) is 30.3 Å². The number of benzene rings is 2. The SMILES string of the molecule is CC1(c2ccc3c(c2)OCO3)NC(=O)N(CN2Cc3ccccc3CC2C(N)=O)C1=O. The number of nitrogens with zero attached hydrogens (tertiary/aromatic N) is 2. The number of carbonyl (C=O) groups excluding carboxylic acids is 3. The number of primary amides is 1. The van der Waals surface area contributed by atoms with Crippen molar-refractivity contribution in [2.75, 3.05) is 13.5 Å². The zero-order valence-corrected chi connectivity index (χ0v) is 17.0. The van der Waals surface area contributed by atoms with Gasteiger partial charge in [0.05, 0.1) is 12.7 Å². The van der Waals surface area contributed by atoms with E-state index >= 15 is 0 Å². The third-order valence-electron chi connectivity index (χ3n) is 6.22. The van der Waals surface area contributed by atoms with E-state index < -0.39 is 29.4 Å². The van der Waals surface area contributed by atoms with Crippen molar-refractivity contribution in [1.82, 2.24) is 15.1 Å². The van der Waals surface area contributed by atoms with Crippen molar-refractivity contribution in [2.24, 2.45) is 5.73 Å². The van der Waals surface area contributed by atoms with Crippen molar-refractivity contribution in [3.05, 3.63) is 59.2 Å². The van der Waals surface area contributed by atoms with Crippen LogP contribution >= 0.6 is 0 Å². The molecule has 9 nitrogen and oxygen atoms in total. The maximum atomic E-state index is 13.4. The summed E-state index contributed by atoms with van der Waals surface area (Å²) in [4.78, 5) is 41.2. The van der Waals surface area contributed by atoms with Crippen LogP contribution in [-0.4, -0.2) is 47.1 Å². The lowest BCUT2D eigenvalue weighted by Gasteiger charge is -2.36. The molecule has 2 aromatic rings. The average molecular weight is 422 g/mol. The van der Waals surface area contributed by atoms with E-state index in [0.29, 0.717) is 30.0 Å². The Morgan fingerprint density at radius 2 is 1.90 bits per heavy atom. The van der Waals surface area contributed by atoms with Gasteiger partial charge in [-0.2, -0.15) is 0 Å². The summed E-state index contributed by atoms with van der Waals surface area (Å²) >= 11 is 0. The second-order valence-electron chi connectivity index (χ2n) is 8.14. The first kappa shape index (κ1) is 19.4. The third kappa shape index (κ3) is 3.09. The number of rotatable bonds is 4. The fourth-order valence-corrected chi connectivity index (χ4v) is 4.42. The van der Waals surface area contributed by atoms with Crippen molar-refractivity contribution in [3.63, 3.8) is 0 Å². The smallest absolute Gasteiger partial charge is 0.326 e. The number of nitrogens with one attached hydrogen (secondary N) is 1. The van der Waals surface area contributed by atoms with E-state index in [1.807, 2.05) is 24.3 Å². The van der Waals surface area contributed by atoms with Gasteiger partial charge in [0.1, 0.15) is 5.54 Å². The van der Waals surface area contributed by atoms with Gasteiger partial charge >= 0.3 is 6.03 Å². The quantitative estimate of drug-likeness (QED) is 0.712. The topological polar surface area (TPSA) is 114 Å². The van der Waals surface area contributed by atoms with Crippen LogP contribution in [0.4, 0.5) is 4.79 Å². The Hall–Kier alpha value is -3.59. The number of ether oxygens (including phenoxy) is 2. The molecule has 0 saturated carbocycles. The van der Waals surface area contributed by atoms with E-state index in [1.165, 1.54) is 0 Å². The second-order valence-corrected chi connectivity index (χ2v) is 8.14. The Morgan fingerprint density at radius 3 is 2.68 bits per heavy atom. The first-order valence-corrected chi connectivity index (χ1v) is 10.0. The van der Waals surface area contributed by atoms with E-state index in [4.69, 9.17) is 15.2 Å². The molecule has 5 rings (SSSR count). The van der Waals surface area contributed by atoms with E-state index in [0.717, 1.165) is 16.0 Å². The van der Waals surface area contributed by atoms with Gasteiger partial charge in [-0.05, 0) is 42.2 Å². The van der Waals surface area contributed by atoms with Crippen molar-refractivity contribution in [3.8, 4) is 11.5 Å². The van der Waals surface area contributed by atoms with Crippen LogP contribution in [0, 0.1) is 0 Å². The highest BCUT2D eigenvalue weighted by Crippen LogP contribution is 2.38. The molecule has 1 fully saturated rings. The molecule has 2 unspecified atom stereocenters. The molecule has 31 heavy (non-hydrogen) atoms. The summed E-state index contributed by atoms with van der Waals surface area (Å²) in [6.45, 7) is 2.16. The summed E-state index contributed by atoms with van der Waals surface area (Å²) in [5.74, 6) is 0.233. The van der Waals surface area contributed by atoms with Gasteiger partial charge in [0.2, 0.25) is 12.7 Å². The third-order valence-corrected chi connectivity index (χ3v) is 6.22. The van der Waals surface area contributed by atoms with Gasteiger partial charge < -0.3 is 20.5 Å². The Labute approximate surface area is 178 Å². The van der Waals surface area contributed by atoms with E-state index in [9.17, 15) is 14.4 Å². The minimum atomic E-state index is -1.26. The summed E-state index contributed by atoms with van der Waals surface area (Å²) in [5, 5.41) is 2.79. The number of urea groups is 1. The molecule has 9 heteroatoms. The van der Waals surface area contributed by atoms with E-state index in [-0.39, 0.29) is 13.5 Å². The maximum Gasteiger partial charge on any atom is 0.326 e. The molecule has 1 saturated heterocycles. The number of imide groups is 1. The van der Waals surface area contributed by atoms with Crippen LogP contribution in [0.3, 0.4) is 0 Å². The summed E-state index contributed by atoms with van der Waals surface area (Å²) in [7, 11) is 0. The predicted octanol–water partition coefficient (Wildman–Crippen LogP) is 1.05. The van der Waals surface area contributed by atoms with E-state index in [1.54, 1.807) is 30.0 Å². The molecule has 0 aliphatic carbocycles. The molecular formula is C22H22N4O5. The van der Waals surface area contributed by atoms with Crippen molar-refractivity contribution in [2.45, 2.75) is 31.5 Å². The lowest BCUT2D eigenvalue weighted by molar-refractivity contribution is -0.135. The summed E-state index contributed by atoms with van der Waals surface area (Å²) in [6.07, 6.45) is 0.439. The van der Waals surface area contributed by atoms with Crippen molar-refractivity contribution < 1.29 is 23.9 Å². The maximum absolute atomic E-state index is 13.4. The number of nitrogens with two attached hydrogens (primary N) is 1. The minimum Gasteiger partial charge on any atom is -0.454 e. The molecule has 3 heterocycles. The zero-order valence-electron chi connectivity index (χ0n) is 17.0. The van der Waals surface area contributed by atoms with Crippen LogP contribution in [0.1, 0.15) is 23.6 Å². The normalized spacial score (nSPS) is 24.8. The zero-order chi connectivity index (χ0) is 21.8. The molecule has 0 spiro atoms. The lowest BCUT2D eigenvalue weighted by Crippen LogP contribution is -2.53. The highest BCUT2D eigenvalue weighted by Gasteiger charge is 2.50. The predicted molar refractivity (Wildman–Crippen MR) is 109 cm³/mol. The molecule has 0 radical (unpaired) electrons. The largest absolute Gasteiger partial charge is 0.454 e. The van der Waals surface area contributed by atoms with Crippen LogP contribution in [-0.2, 0) is 28.1 Å². The Morgan fingerprint density at radius 1 is 1.16 bits per heavy atom. The minimum absolute atomic E-state index is 0.0350. The van der Waals surface area contributed by atoms with Gasteiger partial charge in [-0.3, -0.25) is 14.5 Å². The molecule has 0 aromatic heterocycles. The molecule has 0 bridgehead atoms. The standard InChI is InChI=1S/C22H22N4O5/c1-22(15-6-7-17-18(9-15)31-12-30-17)20(28)26(21(29)24-22)11-25-10-14-5-3-2-4-13(14)8-16(25)19(23)27/h2-7,9,16H,8,10-12H2,1H3,(H2,23,27)(H,24,29). The van der Waals surface area contributed by atoms with Crippen LogP contribution in [0.25, 0.3) is 0 Å². The van der Waals surface area contributed by atoms with Gasteiger partial charge in [0.15, 0.2) is 11.5 Å². The number of hydrogen-bond donors (Lipinski definition) is 2. The first-order chi connectivity index (χ1) is 14.9. The summed E-state index contributed by atoms with van der Waals surface area (Å²) in [6, 6.07) is 11.8. The average Bonchev–Trinajstić information content (AvgIpc) is 3.31. The first-order valence-electron chi connectivity index (χ1n) is 10.0. The summed E-state index contributed by atoms with van der Waals surface area (Å²) in [5.41, 5.74) is 7.07. The fraction of sp³-hybridized carbons (Fsp3) is 0.318. The molecule has 160 valence electrons. The molecule has 3 aliphatic rings. The fourth-order valence-electron chi connectivity index (χ4n) is 4.42.